The molecular formula is C23H22FN7O. The van der Waals surface area contributed by atoms with Gasteiger partial charge in [0.15, 0.2) is 0 Å². The van der Waals surface area contributed by atoms with E-state index in [4.69, 9.17) is 17.0 Å². The van der Waals surface area contributed by atoms with Crippen LogP contribution in [0.4, 0.5) is 4.39 Å². The molecule has 0 aliphatic carbocycles. The standard InChI is InChI=1S/C23H22FN7O/c1-28-21(20(25)19-12-16(9-10-29-19)22(26)31-27)15-7-8-18(24)17(11-15)23(32)30-13-14-5-3-2-4-6-14/h2-12,25H,13,27H2,1H3,(H2,26,31)(H,30,32). The van der Waals surface area contributed by atoms with E-state index in [1.165, 1.54) is 31.4 Å². The first kappa shape index (κ1) is 22.3. The lowest BCUT2D eigenvalue weighted by Crippen LogP contribution is -2.25. The summed E-state index contributed by atoms with van der Waals surface area (Å²) in [6.45, 7) is 0.259. The zero-order valence-corrected chi connectivity index (χ0v) is 17.3. The molecule has 0 saturated heterocycles. The van der Waals surface area contributed by atoms with Crippen molar-refractivity contribution < 1.29 is 9.18 Å². The Bertz CT molecular complexity index is 1210. The van der Waals surface area contributed by atoms with E-state index < -0.39 is 11.7 Å². The second-order valence-electron chi connectivity index (χ2n) is 6.75. The van der Waals surface area contributed by atoms with Gasteiger partial charge in [-0.1, -0.05) is 30.3 Å². The van der Waals surface area contributed by atoms with Gasteiger partial charge in [-0.2, -0.15) is 5.10 Å². The summed E-state index contributed by atoms with van der Waals surface area (Å²) < 4.78 is 14.4. The molecule has 0 bridgehead atoms. The Balaban J connectivity index is 1.86. The summed E-state index contributed by atoms with van der Waals surface area (Å²) in [6, 6.07) is 16.5. The minimum atomic E-state index is -0.673. The van der Waals surface area contributed by atoms with Gasteiger partial charge in [-0.3, -0.25) is 20.2 Å². The van der Waals surface area contributed by atoms with Crippen LogP contribution in [0.1, 0.15) is 32.7 Å². The first-order valence-electron chi connectivity index (χ1n) is 9.62. The van der Waals surface area contributed by atoms with Gasteiger partial charge in [-0.25, -0.2) is 4.39 Å². The molecule has 0 saturated carbocycles. The Hall–Kier alpha value is -4.40. The van der Waals surface area contributed by atoms with Crippen molar-refractivity contribution in [1.82, 2.24) is 10.3 Å². The summed E-state index contributed by atoms with van der Waals surface area (Å²) in [5.41, 5.74) is 7.85. The second kappa shape index (κ2) is 10.1. The van der Waals surface area contributed by atoms with Crippen molar-refractivity contribution in [3.63, 3.8) is 0 Å². The van der Waals surface area contributed by atoms with Gasteiger partial charge in [-0.05, 0) is 35.9 Å². The SMILES string of the molecule is CN=C(C(=N)c1cc(C(N)=NN)ccn1)c1ccc(F)c(C(=O)NCc2ccccc2)c1. The lowest BCUT2D eigenvalue weighted by molar-refractivity contribution is 0.0947. The predicted molar refractivity (Wildman–Crippen MR) is 122 cm³/mol. The Morgan fingerprint density at radius 2 is 1.88 bits per heavy atom. The van der Waals surface area contributed by atoms with Crippen LogP contribution < -0.4 is 16.9 Å². The number of halogens is 1. The smallest absolute Gasteiger partial charge is 0.254 e. The van der Waals surface area contributed by atoms with Crippen LogP contribution in [0.15, 0.2) is 77.0 Å². The second-order valence-corrected chi connectivity index (χ2v) is 6.75. The quantitative estimate of drug-likeness (QED) is 0.197. The van der Waals surface area contributed by atoms with Crippen LogP contribution >= 0.6 is 0 Å². The fourth-order valence-corrected chi connectivity index (χ4v) is 3.03. The number of carbonyl (C=O) groups excluding carboxylic acids is 1. The summed E-state index contributed by atoms with van der Waals surface area (Å²) in [5, 5.41) is 14.7. The van der Waals surface area contributed by atoms with Gasteiger partial charge in [0.05, 0.1) is 17.0 Å². The van der Waals surface area contributed by atoms with E-state index in [1.54, 1.807) is 12.1 Å². The maximum atomic E-state index is 14.4. The summed E-state index contributed by atoms with van der Waals surface area (Å²) in [6.07, 6.45) is 1.47. The van der Waals surface area contributed by atoms with Gasteiger partial charge in [0.2, 0.25) is 0 Å². The van der Waals surface area contributed by atoms with Gasteiger partial charge in [0.1, 0.15) is 17.4 Å². The summed E-state index contributed by atoms with van der Waals surface area (Å²) in [5.74, 6) is 4.07. The van der Waals surface area contributed by atoms with E-state index in [0.29, 0.717) is 11.1 Å². The monoisotopic (exact) mass is 431 g/mol. The molecule has 0 spiro atoms. The first-order chi connectivity index (χ1) is 15.4. The molecule has 1 aromatic heterocycles. The van der Waals surface area contributed by atoms with Crippen molar-refractivity contribution in [2.24, 2.45) is 21.7 Å². The number of aromatic nitrogens is 1. The zero-order valence-electron chi connectivity index (χ0n) is 17.3. The van der Waals surface area contributed by atoms with Crippen molar-refractivity contribution in [3.05, 3.63) is 101 Å². The molecular weight excluding hydrogens is 409 g/mol. The van der Waals surface area contributed by atoms with Crippen LogP contribution in [0.25, 0.3) is 0 Å². The van der Waals surface area contributed by atoms with E-state index in [2.05, 4.69) is 20.4 Å². The number of benzene rings is 2. The van der Waals surface area contributed by atoms with Gasteiger partial charge >= 0.3 is 0 Å². The Morgan fingerprint density at radius 3 is 2.56 bits per heavy atom. The molecule has 3 rings (SSSR count). The topological polar surface area (TPSA) is 143 Å². The third kappa shape index (κ3) is 5.01. The van der Waals surface area contributed by atoms with Crippen LogP contribution in [-0.2, 0) is 6.54 Å². The van der Waals surface area contributed by atoms with Crippen LogP contribution in [0.5, 0.6) is 0 Å². The predicted octanol–water partition coefficient (Wildman–Crippen LogP) is 2.22. The molecule has 0 aliphatic heterocycles. The molecule has 1 amide bonds. The molecule has 162 valence electrons. The maximum Gasteiger partial charge on any atom is 0.254 e. The number of rotatable bonds is 7. The lowest BCUT2D eigenvalue weighted by atomic mass is 9.99. The molecule has 0 radical (unpaired) electrons. The number of nitrogens with one attached hydrogen (secondary N) is 2. The Kier molecular flexibility index (Phi) is 7.02. The molecule has 0 unspecified atom stereocenters. The molecule has 6 N–H and O–H groups in total. The number of pyridine rings is 1. The van der Waals surface area contributed by atoms with Crippen LogP contribution in [0.3, 0.4) is 0 Å². The third-order valence-corrected chi connectivity index (χ3v) is 4.69. The lowest BCUT2D eigenvalue weighted by Gasteiger charge is -2.11. The number of hydrazone groups is 1. The first-order valence-corrected chi connectivity index (χ1v) is 9.62. The zero-order chi connectivity index (χ0) is 23.1. The Morgan fingerprint density at radius 1 is 1.12 bits per heavy atom. The van der Waals surface area contributed by atoms with Crippen molar-refractivity contribution in [2.75, 3.05) is 7.05 Å². The highest BCUT2D eigenvalue weighted by Crippen LogP contribution is 2.15. The van der Waals surface area contributed by atoms with E-state index in [9.17, 15) is 9.18 Å². The number of hydrogen-bond donors (Lipinski definition) is 4. The number of amides is 1. The number of hydrogen-bond acceptors (Lipinski definition) is 6. The van der Waals surface area contributed by atoms with E-state index in [0.717, 1.165) is 5.56 Å². The highest BCUT2D eigenvalue weighted by molar-refractivity contribution is 6.52. The normalized spacial score (nSPS) is 11.8. The van der Waals surface area contributed by atoms with Crippen molar-refractivity contribution >= 4 is 23.2 Å². The molecule has 32 heavy (non-hydrogen) atoms. The number of nitrogens with two attached hydrogens (primary N) is 2. The summed E-state index contributed by atoms with van der Waals surface area (Å²) >= 11 is 0. The molecule has 1 heterocycles. The third-order valence-electron chi connectivity index (χ3n) is 4.69. The van der Waals surface area contributed by atoms with E-state index in [1.807, 2.05) is 30.3 Å². The molecule has 9 heteroatoms. The average molecular weight is 431 g/mol. The summed E-state index contributed by atoms with van der Waals surface area (Å²) in [7, 11) is 1.50. The van der Waals surface area contributed by atoms with Gasteiger partial charge in [-0.15, -0.1) is 0 Å². The van der Waals surface area contributed by atoms with Crippen molar-refractivity contribution in [1.29, 1.82) is 5.41 Å². The highest BCUT2D eigenvalue weighted by atomic mass is 19.1. The van der Waals surface area contributed by atoms with Gasteiger partial charge < -0.3 is 16.9 Å². The molecule has 2 aromatic carbocycles. The molecule has 0 fully saturated rings. The minimum Gasteiger partial charge on any atom is -0.382 e. The minimum absolute atomic E-state index is 0.0265. The van der Waals surface area contributed by atoms with Crippen LogP contribution in [0.2, 0.25) is 0 Å². The van der Waals surface area contributed by atoms with Gasteiger partial charge in [0, 0.05) is 30.9 Å². The maximum absolute atomic E-state index is 14.4. The molecule has 0 atom stereocenters. The van der Waals surface area contributed by atoms with Gasteiger partial charge in [0.25, 0.3) is 5.91 Å². The Labute approximate surface area is 184 Å². The number of amidine groups is 1. The number of carbonyl (C=O) groups is 1. The summed E-state index contributed by atoms with van der Waals surface area (Å²) in [4.78, 5) is 20.9. The number of aliphatic imine (C=N–C) groups is 1. The largest absolute Gasteiger partial charge is 0.382 e. The molecule has 8 nitrogen and oxygen atoms in total. The van der Waals surface area contributed by atoms with Crippen LogP contribution in [0, 0.1) is 11.2 Å². The van der Waals surface area contributed by atoms with E-state index in [-0.39, 0.29) is 35.1 Å². The van der Waals surface area contributed by atoms with Crippen molar-refractivity contribution in [2.45, 2.75) is 6.54 Å². The fourth-order valence-electron chi connectivity index (χ4n) is 3.03. The van der Waals surface area contributed by atoms with Crippen molar-refractivity contribution in [3.8, 4) is 0 Å². The fraction of sp³-hybridized carbons (Fsp3) is 0.0870. The van der Waals surface area contributed by atoms with E-state index >= 15 is 0 Å². The number of nitrogens with zero attached hydrogens (tertiary/aromatic N) is 3. The average Bonchev–Trinajstić information content (AvgIpc) is 2.84. The molecule has 0 aliphatic rings. The molecule has 3 aromatic rings. The highest BCUT2D eigenvalue weighted by Gasteiger charge is 2.18. The van der Waals surface area contributed by atoms with Crippen LogP contribution in [-0.4, -0.2) is 35.2 Å².